The number of halogens is 2. The Morgan fingerprint density at radius 3 is 2.80 bits per heavy atom. The van der Waals surface area contributed by atoms with Gasteiger partial charge in [-0.2, -0.15) is 0 Å². The lowest BCUT2D eigenvalue weighted by Crippen LogP contribution is -2.18. The molecule has 0 aromatic heterocycles. The Morgan fingerprint density at radius 1 is 1.70 bits per heavy atom. The molecule has 0 aliphatic carbocycles. The van der Waals surface area contributed by atoms with E-state index in [0.29, 0.717) is 6.61 Å². The van der Waals surface area contributed by atoms with Gasteiger partial charge in [-0.3, -0.25) is 4.79 Å². The van der Waals surface area contributed by atoms with Crippen LogP contribution in [0.1, 0.15) is 12.8 Å². The highest BCUT2D eigenvalue weighted by Crippen LogP contribution is 2.22. The summed E-state index contributed by atoms with van der Waals surface area (Å²) in [5.74, 6) is 0. The summed E-state index contributed by atoms with van der Waals surface area (Å²) >= 11 is 10.9. The molecule has 0 saturated carbocycles. The zero-order valence-electron chi connectivity index (χ0n) is 5.35. The van der Waals surface area contributed by atoms with Crippen molar-refractivity contribution < 1.29 is 9.53 Å². The number of alkyl halides is 1. The third-order valence-corrected chi connectivity index (χ3v) is 2.14. The monoisotopic (exact) mass is 182 g/mol. The van der Waals surface area contributed by atoms with E-state index in [2.05, 4.69) is 0 Å². The molecule has 1 aliphatic rings. The van der Waals surface area contributed by atoms with Crippen LogP contribution >= 0.6 is 23.2 Å². The second-order valence-electron chi connectivity index (χ2n) is 2.27. The van der Waals surface area contributed by atoms with E-state index in [0.717, 1.165) is 6.42 Å². The van der Waals surface area contributed by atoms with Crippen molar-refractivity contribution in [1.82, 2.24) is 0 Å². The van der Waals surface area contributed by atoms with Crippen LogP contribution in [0.3, 0.4) is 0 Å². The number of carbonyl (C=O) groups is 1. The van der Waals surface area contributed by atoms with E-state index in [1.54, 1.807) is 0 Å². The second kappa shape index (κ2) is 3.56. The average molecular weight is 183 g/mol. The lowest BCUT2D eigenvalue weighted by atomic mass is 10.2. The minimum absolute atomic E-state index is 0.0392. The summed E-state index contributed by atoms with van der Waals surface area (Å²) in [6, 6.07) is 0. The van der Waals surface area contributed by atoms with Crippen molar-refractivity contribution in [3.05, 3.63) is 0 Å². The summed E-state index contributed by atoms with van der Waals surface area (Å²) in [4.78, 5) is 10.4. The van der Waals surface area contributed by atoms with E-state index in [1.165, 1.54) is 0 Å². The molecule has 1 saturated heterocycles. The summed E-state index contributed by atoms with van der Waals surface area (Å²) < 4.78 is 5.14. The molecule has 1 rings (SSSR count). The Labute approximate surface area is 69.4 Å². The molecular formula is C6H8Cl2O2. The van der Waals surface area contributed by atoms with Crippen LogP contribution in [0.25, 0.3) is 0 Å². The molecular weight excluding hydrogens is 175 g/mol. The highest BCUT2D eigenvalue weighted by Gasteiger charge is 2.27. The predicted octanol–water partition coefficient (Wildman–Crippen LogP) is 1.54. The van der Waals surface area contributed by atoms with Crippen LogP contribution in [0.4, 0.5) is 0 Å². The fraction of sp³-hybridized carbons (Fsp3) is 0.833. The fourth-order valence-electron chi connectivity index (χ4n) is 0.967. The van der Waals surface area contributed by atoms with Crippen molar-refractivity contribution in [1.29, 1.82) is 0 Å². The first-order valence-electron chi connectivity index (χ1n) is 3.14. The van der Waals surface area contributed by atoms with E-state index in [4.69, 9.17) is 27.9 Å². The van der Waals surface area contributed by atoms with Crippen LogP contribution < -0.4 is 0 Å². The SMILES string of the molecule is O=C(Cl)CC1OCCC1Cl. The van der Waals surface area contributed by atoms with Crippen LogP contribution in [-0.4, -0.2) is 23.3 Å². The maximum absolute atomic E-state index is 10.4. The number of ether oxygens (including phenoxy) is 1. The van der Waals surface area contributed by atoms with E-state index in [9.17, 15) is 4.79 Å². The van der Waals surface area contributed by atoms with E-state index >= 15 is 0 Å². The Morgan fingerprint density at radius 2 is 2.40 bits per heavy atom. The van der Waals surface area contributed by atoms with Gasteiger partial charge in [-0.1, -0.05) is 0 Å². The predicted molar refractivity (Wildman–Crippen MR) is 39.5 cm³/mol. The maximum atomic E-state index is 10.4. The summed E-state index contributed by atoms with van der Waals surface area (Å²) in [6.45, 7) is 0.642. The third-order valence-electron chi connectivity index (χ3n) is 1.49. The van der Waals surface area contributed by atoms with Gasteiger partial charge in [-0.05, 0) is 18.0 Å². The zero-order valence-corrected chi connectivity index (χ0v) is 6.86. The molecule has 1 aliphatic heterocycles. The van der Waals surface area contributed by atoms with Crippen LogP contribution in [-0.2, 0) is 9.53 Å². The molecule has 2 atom stereocenters. The van der Waals surface area contributed by atoms with E-state index < -0.39 is 0 Å². The standard InChI is InChI=1S/C6H8Cl2O2/c7-4-1-2-10-5(4)3-6(8)9/h4-5H,1-3H2. The van der Waals surface area contributed by atoms with Crippen molar-refractivity contribution in [3.63, 3.8) is 0 Å². The normalized spacial score (nSPS) is 32.6. The van der Waals surface area contributed by atoms with Crippen LogP contribution in [0.15, 0.2) is 0 Å². The summed E-state index contributed by atoms with van der Waals surface area (Å²) in [6.07, 6.45) is 0.887. The highest BCUT2D eigenvalue weighted by molar-refractivity contribution is 6.63. The largest absolute Gasteiger partial charge is 0.376 e. The van der Waals surface area contributed by atoms with Crippen LogP contribution in [0.5, 0.6) is 0 Å². The van der Waals surface area contributed by atoms with Gasteiger partial charge in [-0.15, -0.1) is 11.6 Å². The van der Waals surface area contributed by atoms with Gasteiger partial charge in [0.1, 0.15) is 0 Å². The van der Waals surface area contributed by atoms with Gasteiger partial charge >= 0.3 is 0 Å². The smallest absolute Gasteiger partial charge is 0.224 e. The van der Waals surface area contributed by atoms with Gasteiger partial charge in [0.15, 0.2) is 0 Å². The fourth-order valence-corrected chi connectivity index (χ4v) is 1.37. The molecule has 4 heteroatoms. The van der Waals surface area contributed by atoms with E-state index in [-0.39, 0.29) is 23.1 Å². The average Bonchev–Trinajstić information content (AvgIpc) is 2.15. The molecule has 58 valence electrons. The Balaban J connectivity index is 2.33. The lowest BCUT2D eigenvalue weighted by Gasteiger charge is -2.08. The first kappa shape index (κ1) is 8.31. The van der Waals surface area contributed by atoms with Crippen molar-refractivity contribution in [2.75, 3.05) is 6.61 Å². The van der Waals surface area contributed by atoms with Crippen LogP contribution in [0.2, 0.25) is 0 Å². The van der Waals surface area contributed by atoms with Crippen molar-refractivity contribution >= 4 is 28.4 Å². The molecule has 0 aromatic rings. The van der Waals surface area contributed by atoms with Gasteiger partial charge in [0.25, 0.3) is 0 Å². The first-order valence-corrected chi connectivity index (χ1v) is 3.95. The topological polar surface area (TPSA) is 26.3 Å². The zero-order chi connectivity index (χ0) is 7.56. The maximum Gasteiger partial charge on any atom is 0.224 e. The third kappa shape index (κ3) is 2.11. The van der Waals surface area contributed by atoms with Gasteiger partial charge in [-0.25, -0.2) is 0 Å². The molecule has 1 fully saturated rings. The molecule has 0 bridgehead atoms. The summed E-state index contributed by atoms with van der Waals surface area (Å²) in [5, 5.41) is -0.416. The van der Waals surface area contributed by atoms with Crippen LogP contribution in [0, 0.1) is 0 Å². The summed E-state index contributed by atoms with van der Waals surface area (Å²) in [5.41, 5.74) is 0. The van der Waals surface area contributed by atoms with Gasteiger partial charge < -0.3 is 4.74 Å². The Bertz CT molecular complexity index is 138. The molecule has 0 amide bonds. The number of hydrogen-bond donors (Lipinski definition) is 0. The minimum atomic E-state index is -0.377. The molecule has 1 heterocycles. The summed E-state index contributed by atoms with van der Waals surface area (Å²) in [7, 11) is 0. The van der Waals surface area contributed by atoms with Gasteiger partial charge in [0.2, 0.25) is 5.24 Å². The van der Waals surface area contributed by atoms with Gasteiger partial charge in [0, 0.05) is 13.0 Å². The first-order chi connectivity index (χ1) is 4.70. The van der Waals surface area contributed by atoms with Crippen molar-refractivity contribution in [2.45, 2.75) is 24.3 Å². The molecule has 2 nitrogen and oxygen atoms in total. The molecule has 0 spiro atoms. The van der Waals surface area contributed by atoms with E-state index in [1.807, 2.05) is 0 Å². The minimum Gasteiger partial charge on any atom is -0.376 e. The highest BCUT2D eigenvalue weighted by atomic mass is 35.5. The van der Waals surface area contributed by atoms with Crippen molar-refractivity contribution in [3.8, 4) is 0 Å². The molecule has 2 unspecified atom stereocenters. The Kier molecular flexibility index (Phi) is 2.96. The number of rotatable bonds is 2. The quantitative estimate of drug-likeness (QED) is 0.479. The lowest BCUT2D eigenvalue weighted by molar-refractivity contribution is -0.113. The molecule has 0 aromatic carbocycles. The molecule has 0 N–H and O–H groups in total. The Hall–Kier alpha value is 0.210. The van der Waals surface area contributed by atoms with Crippen molar-refractivity contribution in [2.24, 2.45) is 0 Å². The second-order valence-corrected chi connectivity index (χ2v) is 3.26. The number of hydrogen-bond acceptors (Lipinski definition) is 2. The molecule has 10 heavy (non-hydrogen) atoms. The molecule has 0 radical (unpaired) electrons. The van der Waals surface area contributed by atoms with Gasteiger partial charge in [0.05, 0.1) is 11.5 Å². The number of carbonyl (C=O) groups excluding carboxylic acids is 1.